The van der Waals surface area contributed by atoms with E-state index in [-0.39, 0.29) is 35.9 Å². The number of rotatable bonds is 11. The van der Waals surface area contributed by atoms with Crippen molar-refractivity contribution in [2.45, 2.75) is 95.6 Å². The fraction of sp³-hybridized carbons (Fsp3) is 0.467. The third-order valence-electron chi connectivity index (χ3n) is 12.8. The molecule has 8 rings (SSSR count). The second-order valence-electron chi connectivity index (χ2n) is 16.6. The molecular weight excluding hydrogens is 751 g/mol. The summed E-state index contributed by atoms with van der Waals surface area (Å²) in [5, 5.41) is 7.52. The van der Waals surface area contributed by atoms with Crippen molar-refractivity contribution in [1.29, 1.82) is 0 Å². The summed E-state index contributed by atoms with van der Waals surface area (Å²) in [6.45, 7) is 6.20. The van der Waals surface area contributed by atoms with E-state index >= 15 is 0 Å². The zero-order chi connectivity index (χ0) is 41.5. The average molecular weight is 804 g/mol. The molecule has 0 radical (unpaired) electrons. The molecule has 59 heavy (non-hydrogen) atoms. The van der Waals surface area contributed by atoms with E-state index in [4.69, 9.17) is 24.2 Å². The Bertz CT molecular complexity index is 2340. The van der Waals surface area contributed by atoms with Gasteiger partial charge >= 0.3 is 12.2 Å². The number of imidazole rings is 1. The Kier molecular flexibility index (Phi) is 11.2. The zero-order valence-electron chi connectivity index (χ0n) is 34.5. The standard InChI is InChI=1S/C45H53N7O7/c1-24(2)37(49-44(55)58-5)43(54)52-32-16-13-30(21-32)40(52)41-47-34-18-15-29-20-28(14-17-33(29)39(34)48-41)26-9-11-27(12-10-26)31-22-35(46-23-31)36-8-7-19-51(36)42(53)38(25(3)57-4)50-45(56)59-6/h9-12,14-15,17-18,20,23-25,30,32,36-38,40H,7-8,13,16,19,21-22H2,1-6H3,(H,47,48)(H,49,55)(H,50,56)/t25-,30+,32-,36+,37+,38+,40+/m1/s1. The van der Waals surface area contributed by atoms with E-state index in [1.165, 1.54) is 21.3 Å². The number of aromatic nitrogens is 2. The molecule has 3 fully saturated rings. The predicted molar refractivity (Wildman–Crippen MR) is 224 cm³/mol. The first-order chi connectivity index (χ1) is 28.5. The molecular formula is C45H53N7O7. The lowest BCUT2D eigenvalue weighted by Crippen LogP contribution is -2.56. The predicted octanol–water partition coefficient (Wildman–Crippen LogP) is 6.75. The highest BCUT2D eigenvalue weighted by Gasteiger charge is 2.51. The summed E-state index contributed by atoms with van der Waals surface area (Å²) in [6, 6.07) is 17.3. The number of amides is 4. The maximum Gasteiger partial charge on any atom is 0.407 e. The molecule has 0 spiro atoms. The summed E-state index contributed by atoms with van der Waals surface area (Å²) < 4.78 is 15.0. The van der Waals surface area contributed by atoms with Crippen LogP contribution in [-0.2, 0) is 23.8 Å². The van der Waals surface area contributed by atoms with Crippen LogP contribution in [0.4, 0.5) is 9.59 Å². The van der Waals surface area contributed by atoms with Crippen LogP contribution in [0.2, 0.25) is 0 Å². The van der Waals surface area contributed by atoms with Crippen LogP contribution < -0.4 is 10.6 Å². The minimum atomic E-state index is -0.870. The number of aromatic amines is 1. The van der Waals surface area contributed by atoms with Crippen LogP contribution in [0.15, 0.2) is 65.8 Å². The summed E-state index contributed by atoms with van der Waals surface area (Å²) in [5.74, 6) is 0.682. The molecule has 3 N–H and O–H groups in total. The van der Waals surface area contributed by atoms with Gasteiger partial charge in [-0.1, -0.05) is 56.3 Å². The van der Waals surface area contributed by atoms with Gasteiger partial charge in [-0.15, -0.1) is 0 Å². The van der Waals surface area contributed by atoms with Crippen LogP contribution in [0.1, 0.15) is 76.7 Å². The Morgan fingerprint density at radius 3 is 2.25 bits per heavy atom. The van der Waals surface area contributed by atoms with Crippen LogP contribution in [0.5, 0.6) is 0 Å². The minimum absolute atomic E-state index is 0.0920. The molecule has 310 valence electrons. The first-order valence-corrected chi connectivity index (χ1v) is 20.6. The number of ether oxygens (including phenoxy) is 3. The highest BCUT2D eigenvalue weighted by molar-refractivity contribution is 6.06. The van der Waals surface area contributed by atoms with Crippen molar-refractivity contribution in [3.8, 4) is 11.1 Å². The Labute approximate surface area is 343 Å². The molecule has 1 saturated carbocycles. The van der Waals surface area contributed by atoms with Gasteiger partial charge in [0, 0.05) is 43.4 Å². The number of alkyl carbamates (subject to hydrolysis) is 2. The number of H-pyrrole nitrogens is 1. The number of fused-ring (bicyclic) bond motifs is 5. The van der Waals surface area contributed by atoms with E-state index in [1.54, 1.807) is 6.92 Å². The zero-order valence-corrected chi connectivity index (χ0v) is 34.5. The van der Waals surface area contributed by atoms with Gasteiger partial charge in [0.05, 0.1) is 43.4 Å². The molecule has 4 aliphatic rings. The van der Waals surface area contributed by atoms with Gasteiger partial charge in [-0.05, 0) is 90.6 Å². The lowest BCUT2D eigenvalue weighted by molar-refractivity contribution is -0.139. The van der Waals surface area contributed by atoms with Crippen LogP contribution >= 0.6 is 0 Å². The molecule has 14 nitrogen and oxygen atoms in total. The Morgan fingerprint density at radius 2 is 1.54 bits per heavy atom. The molecule has 4 amide bonds. The van der Waals surface area contributed by atoms with Crippen molar-refractivity contribution in [3.05, 3.63) is 72.2 Å². The Hall–Kier alpha value is -5.76. The average Bonchev–Trinajstić information content (AvgIpc) is 4.11. The van der Waals surface area contributed by atoms with Crippen LogP contribution in [0.3, 0.4) is 0 Å². The molecule has 3 aromatic carbocycles. The number of hydrogen-bond donors (Lipinski definition) is 3. The van der Waals surface area contributed by atoms with Gasteiger partial charge in [-0.2, -0.15) is 0 Å². The normalized spacial score (nSPS) is 22.7. The third-order valence-corrected chi connectivity index (χ3v) is 12.8. The van der Waals surface area contributed by atoms with Gasteiger partial charge in [-0.3, -0.25) is 14.6 Å². The van der Waals surface area contributed by atoms with Crippen molar-refractivity contribution >= 4 is 57.1 Å². The van der Waals surface area contributed by atoms with Crippen molar-refractivity contribution < 1.29 is 33.4 Å². The monoisotopic (exact) mass is 803 g/mol. The number of nitrogens with zero attached hydrogens (tertiary/aromatic N) is 4. The van der Waals surface area contributed by atoms with Crippen molar-refractivity contribution in [2.75, 3.05) is 27.9 Å². The van der Waals surface area contributed by atoms with Crippen LogP contribution in [-0.4, -0.2) is 108 Å². The fourth-order valence-corrected chi connectivity index (χ4v) is 9.62. The van der Waals surface area contributed by atoms with Crippen LogP contribution in [0.25, 0.3) is 38.5 Å². The second kappa shape index (κ2) is 16.5. The van der Waals surface area contributed by atoms with Crippen molar-refractivity contribution in [2.24, 2.45) is 16.8 Å². The van der Waals surface area contributed by atoms with E-state index in [0.717, 1.165) is 87.7 Å². The van der Waals surface area contributed by atoms with E-state index < -0.39 is 30.4 Å². The number of hydrogen-bond acceptors (Lipinski definition) is 9. The molecule has 2 bridgehead atoms. The van der Waals surface area contributed by atoms with E-state index in [9.17, 15) is 19.2 Å². The molecule has 0 unspecified atom stereocenters. The smallest absolute Gasteiger partial charge is 0.407 e. The van der Waals surface area contributed by atoms with Crippen molar-refractivity contribution in [1.82, 2.24) is 30.4 Å². The number of piperidine rings is 1. The molecule has 14 heteroatoms. The van der Waals surface area contributed by atoms with Gasteiger partial charge in [0.1, 0.15) is 17.9 Å². The summed E-state index contributed by atoms with van der Waals surface area (Å²) >= 11 is 0. The lowest BCUT2D eigenvalue weighted by atomic mass is 9.95. The molecule has 4 aromatic rings. The quantitative estimate of drug-likeness (QED) is 0.150. The molecule has 2 saturated heterocycles. The maximum absolute atomic E-state index is 14.1. The number of carbonyl (C=O) groups excluding carboxylic acids is 4. The molecule has 1 aromatic heterocycles. The number of carbonyl (C=O) groups is 4. The number of allylic oxidation sites excluding steroid dienone is 1. The topological polar surface area (TPSA) is 168 Å². The molecule has 1 aliphatic carbocycles. The van der Waals surface area contributed by atoms with E-state index in [1.807, 2.05) is 29.8 Å². The summed E-state index contributed by atoms with van der Waals surface area (Å²) in [4.78, 5) is 69.3. The highest BCUT2D eigenvalue weighted by Crippen LogP contribution is 2.50. The van der Waals surface area contributed by atoms with Crippen molar-refractivity contribution in [3.63, 3.8) is 0 Å². The van der Waals surface area contributed by atoms with Crippen LogP contribution in [0, 0.1) is 11.8 Å². The first-order valence-electron chi connectivity index (χ1n) is 20.6. The maximum atomic E-state index is 14.1. The minimum Gasteiger partial charge on any atom is -0.453 e. The summed E-state index contributed by atoms with van der Waals surface area (Å²) in [7, 11) is 4.09. The first kappa shape index (κ1) is 40.0. The number of nitrogens with one attached hydrogen (secondary N) is 3. The number of benzene rings is 3. The summed E-state index contributed by atoms with van der Waals surface area (Å²) in [5.41, 5.74) is 7.06. The lowest BCUT2D eigenvalue weighted by Gasteiger charge is -2.37. The number of likely N-dealkylation sites (tertiary alicyclic amines) is 2. The van der Waals surface area contributed by atoms with Gasteiger partial charge in [0.25, 0.3) is 0 Å². The second-order valence-corrected chi connectivity index (χ2v) is 16.6. The fourth-order valence-electron chi connectivity index (χ4n) is 9.62. The van der Waals surface area contributed by atoms with E-state index in [2.05, 4.69) is 70.2 Å². The van der Waals surface area contributed by atoms with Gasteiger partial charge in [0.2, 0.25) is 11.8 Å². The highest BCUT2D eigenvalue weighted by atomic mass is 16.5. The Balaban J connectivity index is 0.969. The molecule has 7 atom stereocenters. The SMILES string of the molecule is COC(=O)N[C@H](C(=O)N1[C@@H]2CC[C@@H](C2)[C@H]1c1nc2c(ccc3cc(-c4ccc(C5=CN=C([C@@H]6CCCN6C(=O)[C@@H](NC(=O)OC)[C@@H](C)OC)C5)cc4)ccc32)[nH]1)C(C)C. The van der Waals surface area contributed by atoms with Gasteiger partial charge < -0.3 is 39.6 Å². The molecule has 3 aliphatic heterocycles. The Morgan fingerprint density at radius 1 is 0.831 bits per heavy atom. The van der Waals surface area contributed by atoms with Gasteiger partial charge in [-0.25, -0.2) is 14.6 Å². The largest absolute Gasteiger partial charge is 0.453 e. The third kappa shape index (κ3) is 7.54. The van der Waals surface area contributed by atoms with Gasteiger partial charge in [0.15, 0.2) is 0 Å². The molecule has 4 heterocycles. The summed E-state index contributed by atoms with van der Waals surface area (Å²) in [6.07, 6.45) is 5.28. The number of methoxy groups -OCH3 is 3. The van der Waals surface area contributed by atoms with E-state index in [0.29, 0.717) is 18.9 Å². The number of aliphatic imine (C=N–C) groups is 1.